The molecule has 1 aromatic rings. The molecular formula is C8H4ClF3O2. The summed E-state index contributed by atoms with van der Waals surface area (Å²) in [7, 11) is 0. The quantitative estimate of drug-likeness (QED) is 0.733. The topological polar surface area (TPSA) is 26.3 Å². The summed E-state index contributed by atoms with van der Waals surface area (Å²) in [5.41, 5.74) is -0.864. The Morgan fingerprint density at radius 2 is 1.71 bits per heavy atom. The Balaban J connectivity index is 2.95. The number of carbonyl (C=O) groups is 1. The summed E-state index contributed by atoms with van der Waals surface area (Å²) in [5, 5.41) is 0. The monoisotopic (exact) mass is 224 g/mol. The minimum Gasteiger partial charge on any atom is -0.343 e. The zero-order chi connectivity index (χ0) is 10.8. The summed E-state index contributed by atoms with van der Waals surface area (Å²) in [5.74, 6) is -0.889. The molecule has 0 spiro atoms. The molecule has 0 fully saturated rings. The van der Waals surface area contributed by atoms with E-state index in [4.69, 9.17) is 11.9 Å². The Bertz CT molecular complexity index is 331. The standard InChI is InChI=1S/C8H4ClF3O2/c9-14-7(13)5-1-3-6(4-2-5)8(10,11)12/h1-4H. The molecule has 0 N–H and O–H groups in total. The number of hydrogen-bond acceptors (Lipinski definition) is 2. The average molecular weight is 225 g/mol. The molecule has 0 radical (unpaired) electrons. The normalized spacial score (nSPS) is 11.1. The Morgan fingerprint density at radius 1 is 1.21 bits per heavy atom. The first-order valence-electron chi connectivity index (χ1n) is 3.45. The summed E-state index contributed by atoms with van der Waals surface area (Å²) in [6, 6.07) is 3.55. The minimum atomic E-state index is -4.41. The predicted molar refractivity (Wildman–Crippen MR) is 42.7 cm³/mol. The predicted octanol–water partition coefficient (Wildman–Crippen LogP) is 3.02. The Hall–Kier alpha value is -1.23. The van der Waals surface area contributed by atoms with E-state index in [1.165, 1.54) is 0 Å². The lowest BCUT2D eigenvalue weighted by molar-refractivity contribution is -0.137. The van der Waals surface area contributed by atoms with Crippen molar-refractivity contribution in [2.45, 2.75) is 6.18 Å². The van der Waals surface area contributed by atoms with Gasteiger partial charge in [-0.05, 0) is 24.3 Å². The van der Waals surface area contributed by atoms with Gasteiger partial charge in [0.1, 0.15) is 11.9 Å². The van der Waals surface area contributed by atoms with Crippen molar-refractivity contribution in [3.8, 4) is 0 Å². The van der Waals surface area contributed by atoms with E-state index >= 15 is 0 Å². The van der Waals surface area contributed by atoms with Crippen LogP contribution in [0.25, 0.3) is 0 Å². The summed E-state index contributed by atoms with van der Waals surface area (Å²) in [4.78, 5) is 10.7. The van der Waals surface area contributed by atoms with Gasteiger partial charge in [0.25, 0.3) is 0 Å². The maximum atomic E-state index is 12.1. The molecule has 0 unspecified atom stereocenters. The highest BCUT2D eigenvalue weighted by atomic mass is 35.5. The highest BCUT2D eigenvalue weighted by molar-refractivity contribution is 6.15. The van der Waals surface area contributed by atoms with Crippen LogP contribution in [-0.4, -0.2) is 5.97 Å². The van der Waals surface area contributed by atoms with Crippen LogP contribution in [-0.2, 0) is 10.5 Å². The number of carbonyl (C=O) groups excluding carboxylic acids is 1. The van der Waals surface area contributed by atoms with Crippen LogP contribution in [0.2, 0.25) is 0 Å². The highest BCUT2D eigenvalue weighted by Crippen LogP contribution is 2.29. The summed E-state index contributed by atoms with van der Waals surface area (Å²) >= 11 is 4.74. The van der Waals surface area contributed by atoms with E-state index in [-0.39, 0.29) is 5.56 Å². The van der Waals surface area contributed by atoms with Crippen molar-refractivity contribution in [2.24, 2.45) is 0 Å². The van der Waals surface area contributed by atoms with Crippen LogP contribution in [0.5, 0.6) is 0 Å². The summed E-state index contributed by atoms with van der Waals surface area (Å²) in [6.45, 7) is 0. The third kappa shape index (κ3) is 2.38. The molecular weight excluding hydrogens is 221 g/mol. The van der Waals surface area contributed by atoms with Gasteiger partial charge in [-0.3, -0.25) is 0 Å². The van der Waals surface area contributed by atoms with Crippen LogP contribution in [0, 0.1) is 0 Å². The van der Waals surface area contributed by atoms with Gasteiger partial charge in [-0.15, -0.1) is 0 Å². The number of alkyl halides is 3. The van der Waals surface area contributed by atoms with Crippen LogP contribution < -0.4 is 0 Å². The molecule has 0 bridgehead atoms. The largest absolute Gasteiger partial charge is 0.416 e. The zero-order valence-corrected chi connectivity index (χ0v) is 7.39. The second kappa shape index (κ2) is 3.88. The Kier molecular flexibility index (Phi) is 3.00. The molecule has 0 atom stereocenters. The zero-order valence-electron chi connectivity index (χ0n) is 6.64. The molecule has 6 heteroatoms. The Labute approximate surface area is 82.4 Å². The maximum Gasteiger partial charge on any atom is 0.416 e. The van der Waals surface area contributed by atoms with E-state index in [0.29, 0.717) is 0 Å². The first-order valence-corrected chi connectivity index (χ1v) is 3.76. The minimum absolute atomic E-state index is 0.0343. The molecule has 0 aromatic heterocycles. The van der Waals surface area contributed by atoms with Crippen molar-refractivity contribution in [2.75, 3.05) is 0 Å². The van der Waals surface area contributed by atoms with E-state index in [2.05, 4.69) is 4.29 Å². The van der Waals surface area contributed by atoms with Crippen molar-refractivity contribution in [1.29, 1.82) is 0 Å². The van der Waals surface area contributed by atoms with Gasteiger partial charge in [0.2, 0.25) is 0 Å². The van der Waals surface area contributed by atoms with Crippen molar-refractivity contribution >= 4 is 17.8 Å². The van der Waals surface area contributed by atoms with E-state index in [1.807, 2.05) is 0 Å². The van der Waals surface area contributed by atoms with Gasteiger partial charge in [0.15, 0.2) is 0 Å². The first kappa shape index (κ1) is 10.8. The van der Waals surface area contributed by atoms with Crippen LogP contribution in [0.1, 0.15) is 15.9 Å². The molecule has 1 aromatic carbocycles. The average Bonchev–Trinajstić information content (AvgIpc) is 2.15. The van der Waals surface area contributed by atoms with Gasteiger partial charge < -0.3 is 4.29 Å². The van der Waals surface area contributed by atoms with Crippen LogP contribution in [0.4, 0.5) is 13.2 Å². The third-order valence-corrected chi connectivity index (χ3v) is 1.66. The lowest BCUT2D eigenvalue weighted by Gasteiger charge is -2.05. The van der Waals surface area contributed by atoms with Crippen molar-refractivity contribution in [3.05, 3.63) is 35.4 Å². The second-order valence-corrected chi connectivity index (χ2v) is 2.59. The molecule has 76 valence electrons. The second-order valence-electron chi connectivity index (χ2n) is 2.44. The fourth-order valence-electron chi connectivity index (χ4n) is 0.840. The molecule has 0 heterocycles. The van der Waals surface area contributed by atoms with Gasteiger partial charge in [-0.1, -0.05) is 0 Å². The molecule has 0 aliphatic rings. The molecule has 0 aliphatic carbocycles. The van der Waals surface area contributed by atoms with Gasteiger partial charge in [0.05, 0.1) is 11.1 Å². The van der Waals surface area contributed by atoms with Crippen LogP contribution in [0.3, 0.4) is 0 Å². The van der Waals surface area contributed by atoms with E-state index < -0.39 is 17.7 Å². The fourth-order valence-corrected chi connectivity index (χ4v) is 0.929. The molecule has 2 nitrogen and oxygen atoms in total. The smallest absolute Gasteiger partial charge is 0.343 e. The van der Waals surface area contributed by atoms with Crippen molar-refractivity contribution < 1.29 is 22.3 Å². The molecule has 14 heavy (non-hydrogen) atoms. The van der Waals surface area contributed by atoms with Gasteiger partial charge >= 0.3 is 12.1 Å². The summed E-state index contributed by atoms with van der Waals surface area (Å²) in [6.07, 6.45) is -4.41. The summed E-state index contributed by atoms with van der Waals surface area (Å²) < 4.78 is 40.0. The SMILES string of the molecule is O=C(OCl)c1ccc(C(F)(F)F)cc1. The third-order valence-electron chi connectivity index (χ3n) is 1.52. The van der Waals surface area contributed by atoms with E-state index in [0.717, 1.165) is 24.3 Å². The lowest BCUT2D eigenvalue weighted by atomic mass is 10.1. The maximum absolute atomic E-state index is 12.1. The van der Waals surface area contributed by atoms with Crippen LogP contribution in [0.15, 0.2) is 24.3 Å². The number of hydrogen-bond donors (Lipinski definition) is 0. The van der Waals surface area contributed by atoms with E-state index in [9.17, 15) is 18.0 Å². The first-order chi connectivity index (χ1) is 6.45. The number of benzene rings is 1. The van der Waals surface area contributed by atoms with Crippen LogP contribution >= 0.6 is 11.9 Å². The number of halogens is 4. The highest BCUT2D eigenvalue weighted by Gasteiger charge is 2.30. The molecule has 0 saturated carbocycles. The lowest BCUT2D eigenvalue weighted by Crippen LogP contribution is -2.05. The van der Waals surface area contributed by atoms with E-state index in [1.54, 1.807) is 0 Å². The van der Waals surface area contributed by atoms with Gasteiger partial charge in [-0.2, -0.15) is 13.2 Å². The fraction of sp³-hybridized carbons (Fsp3) is 0.125. The molecule has 0 saturated heterocycles. The van der Waals surface area contributed by atoms with Crippen molar-refractivity contribution in [1.82, 2.24) is 0 Å². The molecule has 0 aliphatic heterocycles. The van der Waals surface area contributed by atoms with Crippen molar-refractivity contribution in [3.63, 3.8) is 0 Å². The van der Waals surface area contributed by atoms with Gasteiger partial charge in [0, 0.05) is 0 Å². The Morgan fingerprint density at radius 3 is 2.07 bits per heavy atom. The molecule has 1 rings (SSSR count). The molecule has 0 amide bonds. The number of rotatable bonds is 1. The van der Waals surface area contributed by atoms with Gasteiger partial charge in [-0.25, -0.2) is 4.79 Å².